The molecule has 0 amide bonds. The summed E-state index contributed by atoms with van der Waals surface area (Å²) < 4.78 is 5.62. The van der Waals surface area contributed by atoms with E-state index in [2.05, 4.69) is 15.5 Å². The monoisotopic (exact) mass is 179 g/mol. The highest BCUT2D eigenvalue weighted by Crippen LogP contribution is 2.10. The molecular formula is C9H13N3O. The van der Waals surface area contributed by atoms with Gasteiger partial charge in [0, 0.05) is 18.8 Å². The van der Waals surface area contributed by atoms with Gasteiger partial charge in [0.1, 0.15) is 6.10 Å². The van der Waals surface area contributed by atoms with Crippen molar-refractivity contribution in [2.75, 3.05) is 13.1 Å². The van der Waals surface area contributed by atoms with Gasteiger partial charge >= 0.3 is 0 Å². The lowest BCUT2D eigenvalue weighted by Crippen LogP contribution is -2.37. The van der Waals surface area contributed by atoms with Crippen molar-refractivity contribution in [1.29, 1.82) is 0 Å². The minimum atomic E-state index is 0.255. The molecule has 1 aliphatic heterocycles. The zero-order valence-electron chi connectivity index (χ0n) is 7.44. The lowest BCUT2D eigenvalue weighted by molar-refractivity contribution is 0.159. The summed E-state index contributed by atoms with van der Waals surface area (Å²) in [6.07, 6.45) is 4.17. The third-order valence-corrected chi connectivity index (χ3v) is 2.09. The Morgan fingerprint density at radius 3 is 3.23 bits per heavy atom. The van der Waals surface area contributed by atoms with Crippen LogP contribution in [-0.2, 0) is 0 Å². The second-order valence-corrected chi connectivity index (χ2v) is 3.15. The summed E-state index contributed by atoms with van der Waals surface area (Å²) in [4.78, 5) is 0. The van der Waals surface area contributed by atoms with Gasteiger partial charge in [-0.3, -0.25) is 0 Å². The second kappa shape index (κ2) is 4.18. The average Bonchev–Trinajstić information content (AvgIpc) is 2.21. The Balaban J connectivity index is 1.90. The van der Waals surface area contributed by atoms with Crippen LogP contribution < -0.4 is 10.1 Å². The van der Waals surface area contributed by atoms with Gasteiger partial charge in [-0.05, 0) is 25.5 Å². The van der Waals surface area contributed by atoms with E-state index in [1.165, 1.54) is 6.42 Å². The first-order valence-corrected chi connectivity index (χ1v) is 4.60. The Bertz CT molecular complexity index is 246. The number of nitrogens with one attached hydrogen (secondary N) is 1. The van der Waals surface area contributed by atoms with Crippen molar-refractivity contribution >= 4 is 0 Å². The predicted octanol–water partition coefficient (Wildman–Crippen LogP) is 0.607. The molecule has 1 aliphatic rings. The van der Waals surface area contributed by atoms with E-state index in [0.29, 0.717) is 5.88 Å². The molecule has 4 heteroatoms. The molecule has 1 fully saturated rings. The second-order valence-electron chi connectivity index (χ2n) is 3.15. The highest BCUT2D eigenvalue weighted by Gasteiger charge is 2.14. The zero-order valence-corrected chi connectivity index (χ0v) is 7.44. The molecule has 1 atom stereocenters. The summed E-state index contributed by atoms with van der Waals surface area (Å²) in [6.45, 7) is 2.01. The van der Waals surface area contributed by atoms with Crippen molar-refractivity contribution in [3.05, 3.63) is 18.3 Å². The first-order valence-electron chi connectivity index (χ1n) is 4.60. The molecule has 0 bridgehead atoms. The van der Waals surface area contributed by atoms with Gasteiger partial charge in [-0.1, -0.05) is 0 Å². The van der Waals surface area contributed by atoms with Crippen LogP contribution in [-0.4, -0.2) is 29.4 Å². The fourth-order valence-electron chi connectivity index (χ4n) is 1.44. The van der Waals surface area contributed by atoms with Gasteiger partial charge in [-0.2, -0.15) is 5.10 Å². The van der Waals surface area contributed by atoms with Crippen LogP contribution >= 0.6 is 0 Å². The molecule has 1 aromatic heterocycles. The maximum atomic E-state index is 5.62. The van der Waals surface area contributed by atoms with Crippen molar-refractivity contribution in [3.63, 3.8) is 0 Å². The molecule has 0 radical (unpaired) electrons. The van der Waals surface area contributed by atoms with Crippen LogP contribution in [0.1, 0.15) is 12.8 Å². The summed E-state index contributed by atoms with van der Waals surface area (Å²) in [5, 5.41) is 10.9. The molecule has 0 saturated carbocycles. The largest absolute Gasteiger partial charge is 0.472 e. The number of aromatic nitrogens is 2. The standard InChI is InChI=1S/C9H13N3O/c1-3-8(7-10-5-1)13-9-4-2-6-11-12-9/h2,4,6,8,10H,1,3,5,7H2. The molecule has 1 saturated heterocycles. The number of piperidine rings is 1. The molecule has 0 spiro atoms. The van der Waals surface area contributed by atoms with E-state index in [9.17, 15) is 0 Å². The molecule has 1 N–H and O–H groups in total. The molecule has 4 nitrogen and oxygen atoms in total. The first-order chi connectivity index (χ1) is 6.45. The molecule has 1 aromatic rings. The lowest BCUT2D eigenvalue weighted by atomic mass is 10.1. The average molecular weight is 179 g/mol. The van der Waals surface area contributed by atoms with Gasteiger partial charge in [0.25, 0.3) is 0 Å². The van der Waals surface area contributed by atoms with Gasteiger partial charge in [0.05, 0.1) is 0 Å². The maximum absolute atomic E-state index is 5.62. The van der Waals surface area contributed by atoms with Crippen LogP contribution in [0, 0.1) is 0 Å². The Hall–Kier alpha value is -1.16. The Kier molecular flexibility index (Phi) is 2.72. The van der Waals surface area contributed by atoms with Crippen LogP contribution in [0.5, 0.6) is 5.88 Å². The van der Waals surface area contributed by atoms with Crippen LogP contribution in [0.4, 0.5) is 0 Å². The Morgan fingerprint density at radius 2 is 2.54 bits per heavy atom. The zero-order chi connectivity index (χ0) is 8.93. The topological polar surface area (TPSA) is 47.0 Å². The third kappa shape index (κ3) is 2.39. The summed E-state index contributed by atoms with van der Waals surface area (Å²) in [5.41, 5.74) is 0. The normalized spacial score (nSPS) is 22.6. The molecule has 0 aromatic carbocycles. The first kappa shape index (κ1) is 8.44. The van der Waals surface area contributed by atoms with Crippen molar-refractivity contribution < 1.29 is 4.74 Å². The van der Waals surface area contributed by atoms with E-state index < -0.39 is 0 Å². The van der Waals surface area contributed by atoms with Crippen molar-refractivity contribution in [2.45, 2.75) is 18.9 Å². The third-order valence-electron chi connectivity index (χ3n) is 2.09. The summed E-state index contributed by atoms with van der Waals surface area (Å²) in [7, 11) is 0. The van der Waals surface area contributed by atoms with E-state index in [0.717, 1.165) is 19.5 Å². The fourth-order valence-corrected chi connectivity index (χ4v) is 1.44. The highest BCUT2D eigenvalue weighted by molar-refractivity contribution is 5.06. The van der Waals surface area contributed by atoms with Crippen molar-refractivity contribution in [2.24, 2.45) is 0 Å². The predicted molar refractivity (Wildman–Crippen MR) is 48.6 cm³/mol. The van der Waals surface area contributed by atoms with Crippen molar-refractivity contribution in [3.8, 4) is 5.88 Å². The molecule has 1 unspecified atom stereocenters. The SMILES string of the molecule is c1cnnc(OC2CCCNC2)c1. The number of hydrogen-bond acceptors (Lipinski definition) is 4. The van der Waals surface area contributed by atoms with Gasteiger partial charge < -0.3 is 10.1 Å². The van der Waals surface area contributed by atoms with Crippen LogP contribution in [0.3, 0.4) is 0 Å². The van der Waals surface area contributed by atoms with E-state index >= 15 is 0 Å². The summed E-state index contributed by atoms with van der Waals surface area (Å²) >= 11 is 0. The summed E-state index contributed by atoms with van der Waals surface area (Å²) in [5.74, 6) is 0.621. The molecule has 2 heterocycles. The smallest absolute Gasteiger partial charge is 0.233 e. The Morgan fingerprint density at radius 1 is 1.54 bits per heavy atom. The van der Waals surface area contributed by atoms with E-state index in [4.69, 9.17) is 4.74 Å². The molecule has 2 rings (SSSR count). The van der Waals surface area contributed by atoms with E-state index in [1.54, 1.807) is 6.20 Å². The van der Waals surface area contributed by atoms with Crippen molar-refractivity contribution in [1.82, 2.24) is 15.5 Å². The molecule has 70 valence electrons. The molecule has 13 heavy (non-hydrogen) atoms. The van der Waals surface area contributed by atoms with Crippen LogP contribution in [0.2, 0.25) is 0 Å². The number of ether oxygens (including phenoxy) is 1. The van der Waals surface area contributed by atoms with E-state index in [-0.39, 0.29) is 6.10 Å². The van der Waals surface area contributed by atoms with Gasteiger partial charge in [0.2, 0.25) is 5.88 Å². The fraction of sp³-hybridized carbons (Fsp3) is 0.556. The minimum Gasteiger partial charge on any atom is -0.472 e. The number of hydrogen-bond donors (Lipinski definition) is 1. The Labute approximate surface area is 77.3 Å². The minimum absolute atomic E-state index is 0.255. The highest BCUT2D eigenvalue weighted by atomic mass is 16.5. The van der Waals surface area contributed by atoms with E-state index in [1.807, 2.05) is 12.1 Å². The molecular weight excluding hydrogens is 166 g/mol. The number of nitrogens with zero attached hydrogens (tertiary/aromatic N) is 2. The van der Waals surface area contributed by atoms with Gasteiger partial charge in [-0.15, -0.1) is 5.10 Å². The molecule has 0 aliphatic carbocycles. The lowest BCUT2D eigenvalue weighted by Gasteiger charge is -2.22. The van der Waals surface area contributed by atoms with Gasteiger partial charge in [0.15, 0.2) is 0 Å². The number of rotatable bonds is 2. The quantitative estimate of drug-likeness (QED) is 0.722. The maximum Gasteiger partial charge on any atom is 0.233 e. The van der Waals surface area contributed by atoms with Gasteiger partial charge in [-0.25, -0.2) is 0 Å². The van der Waals surface area contributed by atoms with Crippen LogP contribution in [0.15, 0.2) is 18.3 Å². The summed E-state index contributed by atoms with van der Waals surface area (Å²) in [6, 6.07) is 3.67. The van der Waals surface area contributed by atoms with Crippen LogP contribution in [0.25, 0.3) is 0 Å².